The smallest absolute Gasteiger partial charge is 0.288 e. The van der Waals surface area contributed by atoms with E-state index < -0.39 is 5.76 Å². The number of benzene rings is 2. The maximum Gasteiger partial charge on any atom is 0.288 e. The van der Waals surface area contributed by atoms with E-state index in [9.17, 15) is 13.6 Å². The van der Waals surface area contributed by atoms with Crippen LogP contribution in [0.25, 0.3) is 0 Å². The number of nitrogen functional groups attached to an aromatic ring is 1. The normalized spacial score (nSPS) is 10.6. The molecule has 104 valence electrons. The zero-order valence-electron chi connectivity index (χ0n) is 10.3. The molecule has 0 spiro atoms. The number of rotatable bonds is 4. The van der Waals surface area contributed by atoms with Crippen molar-refractivity contribution < 1.29 is 13.6 Å². The number of anilines is 2. The van der Waals surface area contributed by atoms with E-state index in [0.29, 0.717) is 33.6 Å². The average molecular weight is 294 g/mol. The monoisotopic (exact) mass is 294 g/mol. The van der Waals surface area contributed by atoms with Gasteiger partial charge in [0.2, 0.25) is 0 Å². The molecule has 20 heavy (non-hydrogen) atoms. The van der Waals surface area contributed by atoms with Crippen LogP contribution in [-0.4, -0.2) is 11.7 Å². The Balaban J connectivity index is 2.07. The minimum absolute atomic E-state index is 0.336. The van der Waals surface area contributed by atoms with Gasteiger partial charge in [0.25, 0.3) is 11.7 Å². The van der Waals surface area contributed by atoms with Crippen LogP contribution in [0.5, 0.6) is 0 Å². The van der Waals surface area contributed by atoms with E-state index in [4.69, 9.17) is 5.73 Å². The first-order valence-corrected chi connectivity index (χ1v) is 6.65. The van der Waals surface area contributed by atoms with Gasteiger partial charge >= 0.3 is 0 Å². The van der Waals surface area contributed by atoms with Crippen LogP contribution in [0.2, 0.25) is 0 Å². The average Bonchev–Trinajstić information content (AvgIpc) is 2.41. The van der Waals surface area contributed by atoms with Crippen molar-refractivity contribution in [2.24, 2.45) is 0 Å². The Bertz CT molecular complexity index is 602. The van der Waals surface area contributed by atoms with Crippen molar-refractivity contribution in [2.75, 3.05) is 11.1 Å². The lowest BCUT2D eigenvalue weighted by atomic mass is 10.1. The van der Waals surface area contributed by atoms with Crippen LogP contribution in [-0.2, 0) is 0 Å². The van der Waals surface area contributed by atoms with Gasteiger partial charge in [0, 0.05) is 16.3 Å². The van der Waals surface area contributed by atoms with Gasteiger partial charge in [0.05, 0.1) is 5.56 Å². The summed E-state index contributed by atoms with van der Waals surface area (Å²) in [5.41, 5.74) is 6.99. The number of halogens is 2. The molecular weight excluding hydrogens is 282 g/mol. The highest BCUT2D eigenvalue weighted by Gasteiger charge is 2.09. The van der Waals surface area contributed by atoms with Gasteiger partial charge in [0.15, 0.2) is 0 Å². The topological polar surface area (TPSA) is 55.1 Å². The lowest BCUT2D eigenvalue weighted by molar-refractivity contribution is 0.102. The summed E-state index contributed by atoms with van der Waals surface area (Å²) in [6.07, 6.45) is 0. The molecule has 0 fully saturated rings. The van der Waals surface area contributed by atoms with Crippen LogP contribution >= 0.6 is 11.8 Å². The minimum atomic E-state index is -2.46. The number of nitrogens with one attached hydrogen (secondary N) is 1. The molecule has 3 nitrogen and oxygen atoms in total. The zero-order chi connectivity index (χ0) is 14.5. The van der Waals surface area contributed by atoms with Crippen molar-refractivity contribution in [2.45, 2.75) is 10.7 Å². The number of carbonyl (C=O) groups is 1. The van der Waals surface area contributed by atoms with Gasteiger partial charge in [-0.15, -0.1) is 0 Å². The van der Waals surface area contributed by atoms with Gasteiger partial charge in [-0.2, -0.15) is 8.78 Å². The molecule has 2 aromatic rings. The molecule has 0 unspecified atom stereocenters. The van der Waals surface area contributed by atoms with Crippen molar-refractivity contribution >= 4 is 29.0 Å². The third-order valence-electron chi connectivity index (χ3n) is 2.54. The summed E-state index contributed by atoms with van der Waals surface area (Å²) in [5.74, 6) is -2.79. The highest BCUT2D eigenvalue weighted by atomic mass is 32.2. The SMILES string of the molecule is Nc1ccccc1C(=O)Nc1ccc(SC(F)F)cc1. The van der Waals surface area contributed by atoms with Crippen molar-refractivity contribution in [3.63, 3.8) is 0 Å². The van der Waals surface area contributed by atoms with Gasteiger partial charge in [-0.3, -0.25) is 4.79 Å². The lowest BCUT2D eigenvalue weighted by Gasteiger charge is -2.08. The van der Waals surface area contributed by atoms with Crippen LogP contribution in [0, 0.1) is 0 Å². The van der Waals surface area contributed by atoms with Gasteiger partial charge in [-0.25, -0.2) is 0 Å². The van der Waals surface area contributed by atoms with E-state index in [1.165, 1.54) is 12.1 Å². The fraction of sp³-hybridized carbons (Fsp3) is 0.0714. The predicted molar refractivity (Wildman–Crippen MR) is 77.1 cm³/mol. The van der Waals surface area contributed by atoms with E-state index in [-0.39, 0.29) is 5.91 Å². The molecule has 0 bridgehead atoms. The molecule has 0 heterocycles. The Morgan fingerprint density at radius 3 is 2.35 bits per heavy atom. The second kappa shape index (κ2) is 6.38. The Hall–Kier alpha value is -2.08. The standard InChI is InChI=1S/C14H12F2N2OS/c15-14(16)20-10-7-5-9(6-8-10)18-13(19)11-3-1-2-4-12(11)17/h1-8,14H,17H2,(H,18,19). The first kappa shape index (κ1) is 14.3. The molecular formula is C14H12F2N2OS. The van der Waals surface area contributed by atoms with E-state index in [1.54, 1.807) is 36.4 Å². The lowest BCUT2D eigenvalue weighted by Crippen LogP contribution is -2.13. The predicted octanol–water partition coefficient (Wildman–Crippen LogP) is 3.84. The quantitative estimate of drug-likeness (QED) is 0.665. The van der Waals surface area contributed by atoms with E-state index in [1.807, 2.05) is 0 Å². The number of hydrogen-bond donors (Lipinski definition) is 2. The summed E-state index contributed by atoms with van der Waals surface area (Å²) in [7, 11) is 0. The summed E-state index contributed by atoms with van der Waals surface area (Å²) in [4.78, 5) is 12.4. The fourth-order valence-electron chi connectivity index (χ4n) is 1.62. The number of carbonyl (C=O) groups excluding carboxylic acids is 1. The third kappa shape index (κ3) is 3.71. The molecule has 6 heteroatoms. The van der Waals surface area contributed by atoms with Crippen molar-refractivity contribution in [3.8, 4) is 0 Å². The molecule has 2 aromatic carbocycles. The minimum Gasteiger partial charge on any atom is -0.398 e. The highest BCUT2D eigenvalue weighted by molar-refractivity contribution is 7.99. The van der Waals surface area contributed by atoms with Crippen LogP contribution in [0.4, 0.5) is 20.2 Å². The molecule has 0 aromatic heterocycles. The number of nitrogens with two attached hydrogens (primary N) is 1. The van der Waals surface area contributed by atoms with Crippen molar-refractivity contribution in [1.82, 2.24) is 0 Å². The summed E-state index contributed by atoms with van der Waals surface area (Å²) in [6.45, 7) is 0. The second-order valence-corrected chi connectivity index (χ2v) is 5.01. The Kier molecular flexibility index (Phi) is 4.57. The molecule has 0 radical (unpaired) electrons. The molecule has 0 aliphatic heterocycles. The van der Waals surface area contributed by atoms with Gasteiger partial charge in [0.1, 0.15) is 0 Å². The number of alkyl halides is 2. The fourth-order valence-corrected chi connectivity index (χ4v) is 2.12. The third-order valence-corrected chi connectivity index (χ3v) is 3.27. The Morgan fingerprint density at radius 1 is 1.10 bits per heavy atom. The maximum atomic E-state index is 12.2. The summed E-state index contributed by atoms with van der Waals surface area (Å²) < 4.78 is 24.4. The molecule has 2 rings (SSSR count). The van der Waals surface area contributed by atoms with Crippen molar-refractivity contribution in [1.29, 1.82) is 0 Å². The number of hydrogen-bond acceptors (Lipinski definition) is 3. The van der Waals surface area contributed by atoms with Crippen molar-refractivity contribution in [3.05, 3.63) is 54.1 Å². The maximum absolute atomic E-state index is 12.2. The summed E-state index contributed by atoms with van der Waals surface area (Å²) in [5, 5.41) is 2.66. The first-order chi connectivity index (χ1) is 9.56. The molecule has 0 saturated carbocycles. The number of amides is 1. The first-order valence-electron chi connectivity index (χ1n) is 5.77. The van der Waals surface area contributed by atoms with Gasteiger partial charge in [-0.1, -0.05) is 23.9 Å². The molecule has 0 aliphatic rings. The molecule has 0 atom stereocenters. The number of thioether (sulfide) groups is 1. The molecule has 3 N–H and O–H groups in total. The summed E-state index contributed by atoms with van der Waals surface area (Å²) >= 11 is 0.459. The molecule has 1 amide bonds. The Morgan fingerprint density at radius 2 is 1.75 bits per heavy atom. The highest BCUT2D eigenvalue weighted by Crippen LogP contribution is 2.26. The van der Waals surface area contributed by atoms with Crippen LogP contribution in [0.3, 0.4) is 0 Å². The van der Waals surface area contributed by atoms with Crippen LogP contribution in [0.1, 0.15) is 10.4 Å². The summed E-state index contributed by atoms with van der Waals surface area (Å²) in [6, 6.07) is 12.9. The van der Waals surface area contributed by atoms with Crippen LogP contribution in [0.15, 0.2) is 53.4 Å². The number of para-hydroxylation sites is 1. The molecule has 0 aliphatic carbocycles. The van der Waals surface area contributed by atoms with Gasteiger partial charge in [-0.05, 0) is 36.4 Å². The molecule has 0 saturated heterocycles. The zero-order valence-corrected chi connectivity index (χ0v) is 11.2. The van der Waals surface area contributed by atoms with Gasteiger partial charge < -0.3 is 11.1 Å². The largest absolute Gasteiger partial charge is 0.398 e. The van der Waals surface area contributed by atoms with E-state index >= 15 is 0 Å². The van der Waals surface area contributed by atoms with E-state index in [2.05, 4.69) is 5.32 Å². The second-order valence-electron chi connectivity index (χ2n) is 3.94. The van der Waals surface area contributed by atoms with Crippen LogP contribution < -0.4 is 11.1 Å². The Labute approximate surface area is 119 Å². The van der Waals surface area contributed by atoms with E-state index in [0.717, 1.165) is 0 Å².